The number of carbonyl (C=O) groups is 1. The van der Waals surface area contributed by atoms with Crippen molar-refractivity contribution >= 4 is 56.2 Å². The molecule has 0 bridgehead atoms. The van der Waals surface area contributed by atoms with Gasteiger partial charge in [-0.2, -0.15) is 0 Å². The summed E-state index contributed by atoms with van der Waals surface area (Å²) in [6.45, 7) is 6.22. The van der Waals surface area contributed by atoms with Crippen molar-refractivity contribution in [2.75, 3.05) is 26.4 Å². The summed E-state index contributed by atoms with van der Waals surface area (Å²) < 4.78 is 18.4. The molecular formula is C19H22BrNO4S2. The normalized spacial score (nSPS) is 21.4. The fourth-order valence-electron chi connectivity index (χ4n) is 3.00. The zero-order valence-electron chi connectivity index (χ0n) is 15.3. The zero-order valence-corrected chi connectivity index (χ0v) is 18.5. The first kappa shape index (κ1) is 20.6. The molecule has 0 N–H and O–H groups in total. The number of rotatable bonds is 7. The van der Waals surface area contributed by atoms with Crippen LogP contribution in [0, 0.1) is 0 Å². The van der Waals surface area contributed by atoms with Crippen molar-refractivity contribution in [2.45, 2.75) is 32.8 Å². The van der Waals surface area contributed by atoms with Crippen molar-refractivity contribution in [2.24, 2.45) is 0 Å². The Hall–Kier alpha value is -1.09. The molecule has 0 saturated carbocycles. The van der Waals surface area contributed by atoms with E-state index in [2.05, 4.69) is 15.9 Å². The third-order valence-corrected chi connectivity index (χ3v) is 6.23. The lowest BCUT2D eigenvalue weighted by Crippen LogP contribution is -2.35. The van der Waals surface area contributed by atoms with Crippen LogP contribution in [0.15, 0.2) is 21.5 Å². The summed E-state index contributed by atoms with van der Waals surface area (Å²) >= 11 is 10.3. The average molecular weight is 472 g/mol. The van der Waals surface area contributed by atoms with Crippen LogP contribution in [-0.4, -0.2) is 47.6 Å². The van der Waals surface area contributed by atoms with Crippen molar-refractivity contribution in [1.82, 2.24) is 4.90 Å². The van der Waals surface area contributed by atoms with Gasteiger partial charge in [0.15, 0.2) is 0 Å². The molecule has 1 aromatic rings. The van der Waals surface area contributed by atoms with Crippen molar-refractivity contribution < 1.29 is 19.0 Å². The molecule has 2 fully saturated rings. The first-order valence-corrected chi connectivity index (χ1v) is 11.0. The second-order valence-corrected chi connectivity index (χ2v) is 8.64. The van der Waals surface area contributed by atoms with Crippen LogP contribution in [0.25, 0.3) is 6.08 Å². The Kier molecular flexibility index (Phi) is 7.19. The van der Waals surface area contributed by atoms with E-state index in [9.17, 15) is 4.79 Å². The highest BCUT2D eigenvalue weighted by atomic mass is 79.9. The summed E-state index contributed by atoms with van der Waals surface area (Å²) in [6, 6.07) is 3.75. The fourth-order valence-corrected chi connectivity index (χ4v) is 4.74. The maximum absolute atomic E-state index is 12.8. The Morgan fingerprint density at radius 1 is 1.33 bits per heavy atom. The van der Waals surface area contributed by atoms with Crippen LogP contribution < -0.4 is 9.47 Å². The first-order valence-electron chi connectivity index (χ1n) is 8.99. The second kappa shape index (κ2) is 9.41. The highest BCUT2D eigenvalue weighted by molar-refractivity contribution is 9.10. The van der Waals surface area contributed by atoms with Gasteiger partial charge in [-0.15, -0.1) is 0 Å². The number of ether oxygens (including phenoxy) is 3. The van der Waals surface area contributed by atoms with Gasteiger partial charge in [0.2, 0.25) is 0 Å². The predicted octanol–water partition coefficient (Wildman–Crippen LogP) is 4.63. The molecule has 8 heteroatoms. The van der Waals surface area contributed by atoms with Gasteiger partial charge in [0.05, 0.1) is 35.2 Å². The summed E-state index contributed by atoms with van der Waals surface area (Å²) in [5, 5.41) is 0. The molecule has 146 valence electrons. The van der Waals surface area contributed by atoms with E-state index in [0.29, 0.717) is 40.5 Å². The van der Waals surface area contributed by atoms with Gasteiger partial charge in [0.1, 0.15) is 15.8 Å². The molecular weight excluding hydrogens is 450 g/mol. The van der Waals surface area contributed by atoms with Gasteiger partial charge in [0, 0.05) is 18.2 Å². The van der Waals surface area contributed by atoms with Gasteiger partial charge in [-0.3, -0.25) is 9.69 Å². The Labute approximate surface area is 177 Å². The Morgan fingerprint density at radius 3 is 2.74 bits per heavy atom. The van der Waals surface area contributed by atoms with Gasteiger partial charge in [-0.1, -0.05) is 24.0 Å². The topological polar surface area (TPSA) is 48.0 Å². The molecule has 0 aliphatic carbocycles. The molecule has 0 radical (unpaired) electrons. The van der Waals surface area contributed by atoms with Gasteiger partial charge in [-0.05, 0) is 54.8 Å². The number of thiocarbonyl (C=S) groups is 1. The molecule has 3 rings (SSSR count). The number of benzene rings is 1. The van der Waals surface area contributed by atoms with Crippen LogP contribution in [-0.2, 0) is 9.53 Å². The SMILES string of the molecule is CCOc1cc(OCC)c(/C=C2\SC(=S)N(C[C@@H]3CCCO3)C2=O)cc1Br. The number of carbonyl (C=O) groups excluding carboxylic acids is 1. The minimum absolute atomic E-state index is 0.0745. The van der Waals surface area contributed by atoms with E-state index in [1.165, 1.54) is 11.8 Å². The third-order valence-electron chi connectivity index (χ3n) is 4.23. The maximum atomic E-state index is 12.8. The Bertz CT molecular complexity index is 762. The fraction of sp³-hybridized carbons (Fsp3) is 0.474. The van der Waals surface area contributed by atoms with E-state index >= 15 is 0 Å². The maximum Gasteiger partial charge on any atom is 0.266 e. The molecule has 0 aromatic heterocycles. The number of thioether (sulfide) groups is 1. The summed E-state index contributed by atoms with van der Waals surface area (Å²) in [5.41, 5.74) is 0.810. The number of hydrogen-bond acceptors (Lipinski definition) is 6. The molecule has 5 nitrogen and oxygen atoms in total. The van der Waals surface area contributed by atoms with E-state index < -0.39 is 0 Å². The quantitative estimate of drug-likeness (QED) is 0.426. The lowest BCUT2D eigenvalue weighted by Gasteiger charge is -2.18. The van der Waals surface area contributed by atoms with Crippen LogP contribution in [0.3, 0.4) is 0 Å². The molecule has 0 unspecified atom stereocenters. The first-order chi connectivity index (χ1) is 13.0. The molecule has 2 saturated heterocycles. The molecule has 1 aromatic carbocycles. The van der Waals surface area contributed by atoms with Crippen molar-refractivity contribution in [3.63, 3.8) is 0 Å². The number of hydrogen-bond donors (Lipinski definition) is 0. The summed E-state index contributed by atoms with van der Waals surface area (Å²) in [5.74, 6) is 1.31. The van der Waals surface area contributed by atoms with Crippen LogP contribution >= 0.6 is 39.9 Å². The van der Waals surface area contributed by atoms with E-state index in [1.54, 1.807) is 4.90 Å². The van der Waals surface area contributed by atoms with Crippen LogP contribution in [0.2, 0.25) is 0 Å². The van der Waals surface area contributed by atoms with E-state index in [-0.39, 0.29) is 12.0 Å². The van der Waals surface area contributed by atoms with Gasteiger partial charge >= 0.3 is 0 Å². The number of nitrogens with zero attached hydrogens (tertiary/aromatic N) is 1. The van der Waals surface area contributed by atoms with Crippen molar-refractivity contribution in [3.05, 3.63) is 27.1 Å². The Morgan fingerprint density at radius 2 is 2.07 bits per heavy atom. The van der Waals surface area contributed by atoms with Crippen LogP contribution in [0.4, 0.5) is 0 Å². The summed E-state index contributed by atoms with van der Waals surface area (Å²) in [7, 11) is 0. The monoisotopic (exact) mass is 471 g/mol. The number of halogens is 1. The lowest BCUT2D eigenvalue weighted by molar-refractivity contribution is -0.123. The van der Waals surface area contributed by atoms with Crippen molar-refractivity contribution in [1.29, 1.82) is 0 Å². The summed E-state index contributed by atoms with van der Waals surface area (Å²) in [6.07, 6.45) is 3.91. The standard InChI is InChI=1S/C19H22BrNO4S2/c1-3-23-15-10-16(24-4-2)14(20)8-12(15)9-17-18(22)21(19(26)27-17)11-13-6-5-7-25-13/h8-10,13H,3-7,11H2,1-2H3/b17-9-/t13-/m0/s1. The van der Waals surface area contributed by atoms with E-state index in [0.717, 1.165) is 29.5 Å². The molecule has 2 aliphatic heterocycles. The largest absolute Gasteiger partial charge is 0.493 e. The van der Waals surface area contributed by atoms with Gasteiger partial charge < -0.3 is 14.2 Å². The molecule has 27 heavy (non-hydrogen) atoms. The molecule has 2 aliphatic rings. The van der Waals surface area contributed by atoms with E-state index in [4.69, 9.17) is 26.4 Å². The van der Waals surface area contributed by atoms with Gasteiger partial charge in [0.25, 0.3) is 5.91 Å². The third kappa shape index (κ3) is 4.85. The second-order valence-electron chi connectivity index (χ2n) is 6.11. The highest BCUT2D eigenvalue weighted by Gasteiger charge is 2.34. The predicted molar refractivity (Wildman–Crippen MR) is 115 cm³/mol. The molecule has 2 heterocycles. The minimum atomic E-state index is -0.0760. The van der Waals surface area contributed by atoms with Crippen molar-refractivity contribution in [3.8, 4) is 11.5 Å². The molecule has 0 spiro atoms. The molecule has 1 atom stereocenters. The summed E-state index contributed by atoms with van der Waals surface area (Å²) in [4.78, 5) is 15.1. The average Bonchev–Trinajstić information content (AvgIpc) is 3.23. The van der Waals surface area contributed by atoms with Crippen LogP contribution in [0.5, 0.6) is 11.5 Å². The zero-order chi connectivity index (χ0) is 19.4. The molecule has 1 amide bonds. The smallest absolute Gasteiger partial charge is 0.266 e. The number of amides is 1. The highest BCUT2D eigenvalue weighted by Crippen LogP contribution is 2.38. The minimum Gasteiger partial charge on any atom is -0.493 e. The van der Waals surface area contributed by atoms with Crippen LogP contribution in [0.1, 0.15) is 32.3 Å². The lowest BCUT2D eigenvalue weighted by atomic mass is 10.1. The van der Waals surface area contributed by atoms with Gasteiger partial charge in [-0.25, -0.2) is 0 Å². The Balaban J connectivity index is 1.85. The van der Waals surface area contributed by atoms with E-state index in [1.807, 2.05) is 32.1 Å².